The van der Waals surface area contributed by atoms with Crippen molar-refractivity contribution >= 4 is 11.8 Å². The second kappa shape index (κ2) is 6.79. The minimum atomic E-state index is -0.863. The third-order valence-corrected chi connectivity index (χ3v) is 4.41. The standard InChI is InChI=1S/C18H21N3O2/c1-19-17-11-13(8-9-20-17)16-7-4-10-21(16)12-14-5-2-3-6-15(14)18(22)23/h2-3,5-6,8-9,11,16H,4,7,10,12H2,1H3,(H,19,20)(H,22,23). The number of nitrogens with one attached hydrogen (secondary N) is 1. The van der Waals surface area contributed by atoms with E-state index in [1.807, 2.05) is 31.4 Å². The minimum Gasteiger partial charge on any atom is -0.478 e. The Balaban J connectivity index is 1.84. The van der Waals surface area contributed by atoms with Gasteiger partial charge in [-0.3, -0.25) is 4.90 Å². The predicted molar refractivity (Wildman–Crippen MR) is 89.6 cm³/mol. The number of benzene rings is 1. The normalized spacial score (nSPS) is 18.0. The van der Waals surface area contributed by atoms with Crippen LogP contribution in [0.25, 0.3) is 0 Å². The fourth-order valence-electron chi connectivity index (χ4n) is 3.27. The summed E-state index contributed by atoms with van der Waals surface area (Å²) in [5, 5.41) is 12.4. The molecule has 23 heavy (non-hydrogen) atoms. The molecule has 1 unspecified atom stereocenters. The van der Waals surface area contributed by atoms with Crippen LogP contribution in [0.15, 0.2) is 42.6 Å². The number of rotatable bonds is 5. The molecule has 0 bridgehead atoms. The molecule has 0 saturated carbocycles. The number of hydrogen-bond acceptors (Lipinski definition) is 4. The van der Waals surface area contributed by atoms with Crippen LogP contribution < -0.4 is 5.32 Å². The van der Waals surface area contributed by atoms with E-state index in [1.54, 1.807) is 12.1 Å². The zero-order valence-electron chi connectivity index (χ0n) is 13.2. The van der Waals surface area contributed by atoms with Crippen molar-refractivity contribution in [2.75, 3.05) is 18.9 Å². The van der Waals surface area contributed by atoms with Crippen molar-refractivity contribution < 1.29 is 9.90 Å². The van der Waals surface area contributed by atoms with Crippen molar-refractivity contribution in [2.45, 2.75) is 25.4 Å². The average Bonchev–Trinajstić information content (AvgIpc) is 3.03. The number of aromatic nitrogens is 1. The lowest BCUT2D eigenvalue weighted by Gasteiger charge is -2.25. The van der Waals surface area contributed by atoms with Crippen LogP contribution in [0, 0.1) is 0 Å². The van der Waals surface area contributed by atoms with E-state index in [0.29, 0.717) is 18.2 Å². The SMILES string of the molecule is CNc1cc(C2CCCN2Cc2ccccc2C(=O)O)ccn1. The molecule has 3 rings (SSSR count). The molecule has 2 N–H and O–H groups in total. The summed E-state index contributed by atoms with van der Waals surface area (Å²) >= 11 is 0. The first-order valence-electron chi connectivity index (χ1n) is 7.88. The Kier molecular flexibility index (Phi) is 4.57. The maximum absolute atomic E-state index is 11.4. The van der Waals surface area contributed by atoms with E-state index < -0.39 is 5.97 Å². The third-order valence-electron chi connectivity index (χ3n) is 4.41. The molecule has 1 aromatic heterocycles. The van der Waals surface area contributed by atoms with Gasteiger partial charge < -0.3 is 10.4 Å². The molecular formula is C18H21N3O2. The lowest BCUT2D eigenvalue weighted by molar-refractivity contribution is 0.0694. The van der Waals surface area contributed by atoms with Crippen molar-refractivity contribution in [3.05, 3.63) is 59.3 Å². The highest BCUT2D eigenvalue weighted by Crippen LogP contribution is 2.34. The first-order valence-corrected chi connectivity index (χ1v) is 7.88. The van der Waals surface area contributed by atoms with E-state index in [0.717, 1.165) is 30.8 Å². The molecule has 0 radical (unpaired) electrons. The van der Waals surface area contributed by atoms with Crippen LogP contribution in [0.1, 0.15) is 40.4 Å². The number of carbonyl (C=O) groups is 1. The minimum absolute atomic E-state index is 0.312. The van der Waals surface area contributed by atoms with Gasteiger partial charge in [-0.25, -0.2) is 9.78 Å². The Bertz CT molecular complexity index is 702. The molecule has 1 fully saturated rings. The summed E-state index contributed by atoms with van der Waals surface area (Å²) in [6.45, 7) is 1.64. The third kappa shape index (κ3) is 3.35. The quantitative estimate of drug-likeness (QED) is 0.888. The molecule has 5 heteroatoms. The number of anilines is 1. The highest BCUT2D eigenvalue weighted by atomic mass is 16.4. The van der Waals surface area contributed by atoms with Gasteiger partial charge in [-0.1, -0.05) is 18.2 Å². The van der Waals surface area contributed by atoms with Gasteiger partial charge in [-0.15, -0.1) is 0 Å². The van der Waals surface area contributed by atoms with Crippen LogP contribution in [-0.2, 0) is 6.54 Å². The van der Waals surface area contributed by atoms with E-state index in [1.165, 1.54) is 5.56 Å². The van der Waals surface area contributed by atoms with Gasteiger partial charge in [-0.05, 0) is 48.7 Å². The lowest BCUT2D eigenvalue weighted by Crippen LogP contribution is -2.24. The fraction of sp³-hybridized carbons (Fsp3) is 0.333. The number of likely N-dealkylation sites (tertiary alicyclic amines) is 1. The van der Waals surface area contributed by atoms with Gasteiger partial charge >= 0.3 is 5.97 Å². The fourth-order valence-corrected chi connectivity index (χ4v) is 3.27. The number of hydrogen-bond donors (Lipinski definition) is 2. The van der Waals surface area contributed by atoms with Crippen LogP contribution in [-0.4, -0.2) is 34.6 Å². The Hall–Kier alpha value is -2.40. The molecule has 1 aliphatic rings. The van der Waals surface area contributed by atoms with Gasteiger partial charge in [0.25, 0.3) is 0 Å². The van der Waals surface area contributed by atoms with Crippen molar-refractivity contribution in [1.29, 1.82) is 0 Å². The van der Waals surface area contributed by atoms with Crippen molar-refractivity contribution in [2.24, 2.45) is 0 Å². The van der Waals surface area contributed by atoms with Gasteiger partial charge in [0.1, 0.15) is 5.82 Å². The topological polar surface area (TPSA) is 65.5 Å². The Morgan fingerprint density at radius 1 is 1.39 bits per heavy atom. The van der Waals surface area contributed by atoms with Crippen molar-refractivity contribution in [3.8, 4) is 0 Å². The number of aromatic carboxylic acids is 1. The molecule has 0 spiro atoms. The monoisotopic (exact) mass is 311 g/mol. The summed E-state index contributed by atoms with van der Waals surface area (Å²) in [5.41, 5.74) is 2.49. The molecule has 1 saturated heterocycles. The Morgan fingerprint density at radius 2 is 2.22 bits per heavy atom. The second-order valence-corrected chi connectivity index (χ2v) is 5.82. The number of nitrogens with zero attached hydrogens (tertiary/aromatic N) is 2. The van der Waals surface area contributed by atoms with Crippen LogP contribution >= 0.6 is 0 Å². The van der Waals surface area contributed by atoms with Gasteiger partial charge in [0, 0.05) is 25.8 Å². The molecule has 1 aromatic carbocycles. The maximum atomic E-state index is 11.4. The summed E-state index contributed by atoms with van der Waals surface area (Å²) in [5.74, 6) is -0.00184. The van der Waals surface area contributed by atoms with Gasteiger partial charge in [0.2, 0.25) is 0 Å². The molecule has 0 amide bonds. The van der Waals surface area contributed by atoms with Crippen molar-refractivity contribution in [1.82, 2.24) is 9.88 Å². The summed E-state index contributed by atoms with van der Waals surface area (Å²) in [6, 6.07) is 11.7. The molecule has 120 valence electrons. The van der Waals surface area contributed by atoms with E-state index >= 15 is 0 Å². The largest absolute Gasteiger partial charge is 0.478 e. The van der Waals surface area contributed by atoms with Gasteiger partial charge in [0.15, 0.2) is 0 Å². The summed E-state index contributed by atoms with van der Waals surface area (Å²) < 4.78 is 0. The zero-order valence-corrected chi connectivity index (χ0v) is 13.2. The highest BCUT2D eigenvalue weighted by Gasteiger charge is 2.27. The van der Waals surface area contributed by atoms with E-state index in [-0.39, 0.29) is 0 Å². The van der Waals surface area contributed by atoms with Gasteiger partial charge in [-0.2, -0.15) is 0 Å². The summed E-state index contributed by atoms with van der Waals surface area (Å²) in [4.78, 5) is 18.0. The number of carboxylic acid groups (broad SMARTS) is 1. The molecule has 0 aliphatic carbocycles. The van der Waals surface area contributed by atoms with Crippen LogP contribution in [0.4, 0.5) is 5.82 Å². The molecule has 1 aliphatic heterocycles. The molecule has 5 nitrogen and oxygen atoms in total. The number of carboxylic acids is 1. The van der Waals surface area contributed by atoms with E-state index in [9.17, 15) is 9.90 Å². The summed E-state index contributed by atoms with van der Waals surface area (Å²) in [7, 11) is 1.86. The van der Waals surface area contributed by atoms with Crippen molar-refractivity contribution in [3.63, 3.8) is 0 Å². The summed E-state index contributed by atoms with van der Waals surface area (Å²) in [6.07, 6.45) is 4.03. The highest BCUT2D eigenvalue weighted by molar-refractivity contribution is 5.89. The van der Waals surface area contributed by atoms with Crippen LogP contribution in [0.5, 0.6) is 0 Å². The van der Waals surface area contributed by atoms with E-state index in [4.69, 9.17) is 0 Å². The Morgan fingerprint density at radius 3 is 3.00 bits per heavy atom. The molecule has 2 heterocycles. The van der Waals surface area contributed by atoms with Crippen LogP contribution in [0.2, 0.25) is 0 Å². The smallest absolute Gasteiger partial charge is 0.336 e. The van der Waals surface area contributed by atoms with E-state index in [2.05, 4.69) is 21.3 Å². The number of pyridine rings is 1. The predicted octanol–water partition coefficient (Wildman–Crippen LogP) is 3.16. The lowest BCUT2D eigenvalue weighted by atomic mass is 10.0. The maximum Gasteiger partial charge on any atom is 0.336 e. The Labute approximate surface area is 136 Å². The van der Waals surface area contributed by atoms with Crippen LogP contribution in [0.3, 0.4) is 0 Å². The first kappa shape index (κ1) is 15.5. The molecular weight excluding hydrogens is 290 g/mol. The first-order chi connectivity index (χ1) is 11.2. The van der Waals surface area contributed by atoms with Gasteiger partial charge in [0.05, 0.1) is 5.56 Å². The molecule has 2 aromatic rings. The average molecular weight is 311 g/mol. The second-order valence-electron chi connectivity index (χ2n) is 5.82. The molecule has 1 atom stereocenters. The zero-order chi connectivity index (χ0) is 16.2.